The maximum atomic E-state index is 12.6. The first-order valence-corrected chi connectivity index (χ1v) is 7.09. The first-order chi connectivity index (χ1) is 10.1. The lowest BCUT2D eigenvalue weighted by molar-refractivity contribution is 0.241. The Morgan fingerprint density at radius 1 is 1.43 bits per heavy atom. The van der Waals surface area contributed by atoms with Gasteiger partial charge in [-0.2, -0.15) is 0 Å². The zero-order valence-electron chi connectivity index (χ0n) is 12.4. The van der Waals surface area contributed by atoms with Crippen molar-refractivity contribution in [3.63, 3.8) is 0 Å². The van der Waals surface area contributed by atoms with Crippen molar-refractivity contribution in [1.29, 1.82) is 0 Å². The second-order valence-corrected chi connectivity index (χ2v) is 5.52. The molecule has 0 aliphatic carbocycles. The second-order valence-electron chi connectivity index (χ2n) is 5.52. The van der Waals surface area contributed by atoms with E-state index < -0.39 is 0 Å². The smallest absolute Gasteiger partial charge is 0.322 e. The molecule has 0 saturated carbocycles. The van der Waals surface area contributed by atoms with Crippen LogP contribution in [0.1, 0.15) is 31.3 Å². The molecular formula is C15H19N5O. The molecule has 21 heavy (non-hydrogen) atoms. The summed E-state index contributed by atoms with van der Waals surface area (Å²) in [5.74, 6) is 0.739. The molecule has 1 aliphatic heterocycles. The van der Waals surface area contributed by atoms with Crippen molar-refractivity contribution < 1.29 is 4.79 Å². The fourth-order valence-corrected chi connectivity index (χ4v) is 2.88. The average Bonchev–Trinajstić information content (AvgIpc) is 3.00. The molecule has 0 fully saturated rings. The van der Waals surface area contributed by atoms with Crippen molar-refractivity contribution >= 4 is 11.7 Å². The highest BCUT2D eigenvalue weighted by atomic mass is 16.2. The third kappa shape index (κ3) is 2.37. The first-order valence-electron chi connectivity index (χ1n) is 7.09. The Hall–Kier alpha value is -2.37. The van der Waals surface area contributed by atoms with Crippen LogP contribution in [0.3, 0.4) is 0 Å². The molecule has 2 amide bonds. The zero-order chi connectivity index (χ0) is 15.0. The topological polar surface area (TPSA) is 63.1 Å². The summed E-state index contributed by atoms with van der Waals surface area (Å²) in [7, 11) is 1.87. The van der Waals surface area contributed by atoms with Crippen LogP contribution in [-0.4, -0.2) is 26.8 Å². The van der Waals surface area contributed by atoms with E-state index in [4.69, 9.17) is 0 Å². The number of rotatable bonds is 2. The molecule has 2 aromatic rings. The number of anilines is 1. The molecule has 0 bridgehead atoms. The normalized spacial score (nSPS) is 18.4. The van der Waals surface area contributed by atoms with Gasteiger partial charge < -0.3 is 9.88 Å². The second kappa shape index (κ2) is 5.20. The van der Waals surface area contributed by atoms with Crippen LogP contribution in [0.5, 0.6) is 0 Å². The lowest BCUT2D eigenvalue weighted by Gasteiger charge is -2.25. The van der Waals surface area contributed by atoms with E-state index in [0.29, 0.717) is 0 Å². The number of urea groups is 1. The number of hydrogen-bond donors (Lipinski definition) is 1. The number of para-hydroxylation sites is 1. The van der Waals surface area contributed by atoms with E-state index in [1.165, 1.54) is 5.56 Å². The lowest BCUT2D eigenvalue weighted by Crippen LogP contribution is -2.44. The predicted molar refractivity (Wildman–Crippen MR) is 80.0 cm³/mol. The predicted octanol–water partition coefficient (Wildman–Crippen LogP) is 2.04. The van der Waals surface area contributed by atoms with Crippen LogP contribution >= 0.6 is 0 Å². The largest absolute Gasteiger partial charge is 0.328 e. The maximum Gasteiger partial charge on any atom is 0.322 e. The highest BCUT2D eigenvalue weighted by molar-refractivity contribution is 5.95. The number of carbonyl (C=O) groups excluding carboxylic acids is 1. The van der Waals surface area contributed by atoms with Crippen LogP contribution in [0.2, 0.25) is 0 Å². The molecule has 1 aliphatic rings. The van der Waals surface area contributed by atoms with Crippen molar-refractivity contribution in [3.05, 3.63) is 42.0 Å². The van der Waals surface area contributed by atoms with Gasteiger partial charge in [0.1, 0.15) is 6.33 Å². The number of nitrogens with zero attached hydrogens (tertiary/aromatic N) is 4. The van der Waals surface area contributed by atoms with Crippen LogP contribution in [0.4, 0.5) is 10.5 Å². The third-order valence-electron chi connectivity index (χ3n) is 3.90. The molecule has 6 heteroatoms. The van der Waals surface area contributed by atoms with Crippen LogP contribution in [0.15, 0.2) is 30.6 Å². The molecule has 1 N–H and O–H groups in total. The van der Waals surface area contributed by atoms with Gasteiger partial charge in [0.2, 0.25) is 0 Å². The van der Waals surface area contributed by atoms with Gasteiger partial charge in [-0.15, -0.1) is 10.2 Å². The number of nitrogens with one attached hydrogen (secondary N) is 1. The summed E-state index contributed by atoms with van der Waals surface area (Å²) in [5.41, 5.74) is 2.21. The minimum Gasteiger partial charge on any atom is -0.328 e. The van der Waals surface area contributed by atoms with Gasteiger partial charge in [-0.25, -0.2) is 4.79 Å². The molecule has 0 spiro atoms. The van der Waals surface area contributed by atoms with Crippen molar-refractivity contribution in [2.75, 3.05) is 4.90 Å². The van der Waals surface area contributed by atoms with Crippen LogP contribution in [-0.2, 0) is 13.5 Å². The number of aryl methyl sites for hydroxylation is 1. The lowest BCUT2D eigenvalue weighted by atomic mass is 10.1. The Labute approximate surface area is 123 Å². The van der Waals surface area contributed by atoms with E-state index >= 15 is 0 Å². The van der Waals surface area contributed by atoms with Crippen molar-refractivity contribution in [2.45, 2.75) is 32.4 Å². The molecule has 6 nitrogen and oxygen atoms in total. The van der Waals surface area contributed by atoms with Gasteiger partial charge in [0.15, 0.2) is 5.82 Å². The highest BCUT2D eigenvalue weighted by Crippen LogP contribution is 2.31. The molecule has 3 rings (SSSR count). The number of amides is 2. The Balaban J connectivity index is 1.78. The summed E-state index contributed by atoms with van der Waals surface area (Å²) in [5, 5.41) is 10.9. The van der Waals surface area contributed by atoms with Gasteiger partial charge in [0.05, 0.1) is 6.04 Å². The Morgan fingerprint density at radius 2 is 2.19 bits per heavy atom. The minimum absolute atomic E-state index is 0.0945. The standard InChI is InChI=1S/C15H19N5O/c1-10-8-12-6-4-5-7-13(12)20(10)15(21)17-11(2)14-18-16-9-19(14)3/h4-7,9-11H,8H2,1-3H3,(H,17,21)/t10-,11+/m1/s1. The van der Waals surface area contributed by atoms with Crippen molar-refractivity contribution in [2.24, 2.45) is 7.05 Å². The summed E-state index contributed by atoms with van der Waals surface area (Å²) < 4.78 is 1.81. The van der Waals surface area contributed by atoms with E-state index in [0.717, 1.165) is 17.9 Å². The first kappa shape index (κ1) is 13.6. The van der Waals surface area contributed by atoms with E-state index in [1.807, 2.05) is 41.6 Å². The number of benzene rings is 1. The summed E-state index contributed by atoms with van der Waals surface area (Å²) in [6.07, 6.45) is 2.52. The molecule has 110 valence electrons. The summed E-state index contributed by atoms with van der Waals surface area (Å²) in [6.45, 7) is 3.97. The van der Waals surface area contributed by atoms with Gasteiger partial charge in [0.25, 0.3) is 0 Å². The van der Waals surface area contributed by atoms with Gasteiger partial charge >= 0.3 is 6.03 Å². The quantitative estimate of drug-likeness (QED) is 0.918. The Morgan fingerprint density at radius 3 is 2.90 bits per heavy atom. The fraction of sp³-hybridized carbons (Fsp3) is 0.400. The highest BCUT2D eigenvalue weighted by Gasteiger charge is 2.31. The number of fused-ring (bicyclic) bond motifs is 1. The van der Waals surface area contributed by atoms with Crippen molar-refractivity contribution in [3.8, 4) is 0 Å². The maximum absolute atomic E-state index is 12.6. The van der Waals surface area contributed by atoms with Crippen LogP contribution in [0.25, 0.3) is 0 Å². The molecular weight excluding hydrogens is 266 g/mol. The van der Waals surface area contributed by atoms with Gasteiger partial charge in [0, 0.05) is 18.8 Å². The number of hydrogen-bond acceptors (Lipinski definition) is 3. The van der Waals surface area contributed by atoms with E-state index in [9.17, 15) is 4.79 Å². The molecule has 0 saturated heterocycles. The fourth-order valence-electron chi connectivity index (χ4n) is 2.88. The Bertz CT molecular complexity index is 666. The van der Waals surface area contributed by atoms with Crippen LogP contribution in [0, 0.1) is 0 Å². The number of carbonyl (C=O) groups is 1. The number of aromatic nitrogens is 3. The molecule has 0 unspecified atom stereocenters. The van der Waals surface area contributed by atoms with Crippen LogP contribution < -0.4 is 10.2 Å². The van der Waals surface area contributed by atoms with Crippen molar-refractivity contribution in [1.82, 2.24) is 20.1 Å². The average molecular weight is 285 g/mol. The molecule has 1 aromatic heterocycles. The van der Waals surface area contributed by atoms with E-state index in [1.54, 1.807) is 6.33 Å². The minimum atomic E-state index is -0.190. The molecule has 2 atom stereocenters. The Kier molecular flexibility index (Phi) is 3.37. The third-order valence-corrected chi connectivity index (χ3v) is 3.90. The molecule has 1 aromatic carbocycles. The SMILES string of the molecule is C[C@H](NC(=O)N1c2ccccc2C[C@H]1C)c1nncn1C. The van der Waals surface area contributed by atoms with E-state index in [2.05, 4.69) is 28.5 Å². The van der Waals surface area contributed by atoms with Gasteiger partial charge in [-0.05, 0) is 31.9 Å². The summed E-state index contributed by atoms with van der Waals surface area (Å²) >= 11 is 0. The summed E-state index contributed by atoms with van der Waals surface area (Å²) in [4.78, 5) is 14.4. The zero-order valence-corrected chi connectivity index (χ0v) is 12.4. The van der Waals surface area contributed by atoms with Gasteiger partial charge in [-0.3, -0.25) is 4.90 Å². The van der Waals surface area contributed by atoms with E-state index in [-0.39, 0.29) is 18.1 Å². The molecule has 2 heterocycles. The monoisotopic (exact) mass is 285 g/mol. The molecule has 0 radical (unpaired) electrons. The summed E-state index contributed by atoms with van der Waals surface area (Å²) in [6, 6.07) is 7.91. The van der Waals surface area contributed by atoms with Gasteiger partial charge in [-0.1, -0.05) is 18.2 Å².